The molecule has 0 saturated heterocycles. The fourth-order valence-corrected chi connectivity index (χ4v) is 1.81. The molecule has 2 rings (SSSR count). The van der Waals surface area contributed by atoms with E-state index in [1.807, 2.05) is 19.9 Å². The normalized spacial score (nSPS) is 17.7. The highest BCUT2D eigenvalue weighted by Gasteiger charge is 1.99. The van der Waals surface area contributed by atoms with Gasteiger partial charge >= 0.3 is 0 Å². The quantitative estimate of drug-likeness (QED) is 0.859. The Bertz CT molecular complexity index is 583. The van der Waals surface area contributed by atoms with Gasteiger partial charge in [-0.2, -0.15) is 0 Å². The van der Waals surface area contributed by atoms with Gasteiger partial charge in [0.15, 0.2) is 0 Å². The molecule has 1 N–H and O–H groups in total. The molecule has 0 atom stereocenters. The van der Waals surface area contributed by atoms with Gasteiger partial charge < -0.3 is 4.98 Å². The lowest BCUT2D eigenvalue weighted by atomic mass is 10.3. The summed E-state index contributed by atoms with van der Waals surface area (Å²) >= 11 is 0. The number of aromatic nitrogens is 1. The maximum absolute atomic E-state index is 4.51. The highest BCUT2D eigenvalue weighted by atomic mass is 14.8. The fraction of sp³-hybridized carbons (Fsp3) is 0.353. The van der Waals surface area contributed by atoms with Crippen molar-refractivity contribution in [2.24, 2.45) is 4.99 Å². The van der Waals surface area contributed by atoms with E-state index in [9.17, 15) is 0 Å². The third kappa shape index (κ3) is 4.74. The second-order valence-corrected chi connectivity index (χ2v) is 4.03. The Kier molecular flexibility index (Phi) is 6.65. The van der Waals surface area contributed by atoms with Gasteiger partial charge in [0, 0.05) is 10.7 Å². The lowest BCUT2D eigenvalue weighted by Gasteiger charge is -1.86. The molecular formula is C17H24N2. The highest BCUT2D eigenvalue weighted by Crippen LogP contribution is 2.09. The molecule has 0 aliphatic carbocycles. The molecule has 0 bridgehead atoms. The molecule has 1 aromatic rings. The van der Waals surface area contributed by atoms with Gasteiger partial charge in [0.25, 0.3) is 0 Å². The van der Waals surface area contributed by atoms with E-state index in [0.29, 0.717) is 0 Å². The molecule has 0 amide bonds. The third-order valence-electron chi connectivity index (χ3n) is 2.55. The molecule has 2 heteroatoms. The van der Waals surface area contributed by atoms with Crippen LogP contribution in [0.25, 0.3) is 12.2 Å². The van der Waals surface area contributed by atoms with Crippen LogP contribution >= 0.6 is 0 Å². The smallest absolute Gasteiger partial charge is 0.0658 e. The van der Waals surface area contributed by atoms with Crippen molar-refractivity contribution in [3.05, 3.63) is 46.8 Å². The molecule has 0 saturated carbocycles. The second-order valence-electron chi connectivity index (χ2n) is 4.03. The van der Waals surface area contributed by atoms with Crippen LogP contribution in [0.15, 0.2) is 41.1 Å². The van der Waals surface area contributed by atoms with E-state index in [4.69, 9.17) is 0 Å². The van der Waals surface area contributed by atoms with Crippen molar-refractivity contribution in [2.45, 2.75) is 40.5 Å². The first-order valence-electron chi connectivity index (χ1n) is 7.15. The number of aromatic amines is 1. The standard InChI is InChI=1S/C15H18N2.C2H6/c1-3-5-12-7-9-14(16-12)11-15-10-8-13(17-15)6-4-2;1-2/h5-11,16H,3-4H2,1-2H3;1-2H3/b12-5-,13-6-,14-11-;. The highest BCUT2D eigenvalue weighted by molar-refractivity contribution is 6.19. The predicted octanol–water partition coefficient (Wildman–Crippen LogP) is 3.32. The maximum Gasteiger partial charge on any atom is 0.0658 e. The number of nitrogens with zero attached hydrogens (tertiary/aromatic N) is 1. The van der Waals surface area contributed by atoms with Crippen molar-refractivity contribution >= 4 is 17.9 Å². The summed E-state index contributed by atoms with van der Waals surface area (Å²) in [4.78, 5) is 7.85. The van der Waals surface area contributed by atoms with Gasteiger partial charge in [0.05, 0.1) is 11.4 Å². The van der Waals surface area contributed by atoms with Crippen molar-refractivity contribution in [2.75, 3.05) is 0 Å². The zero-order valence-electron chi connectivity index (χ0n) is 12.4. The summed E-state index contributed by atoms with van der Waals surface area (Å²) in [6, 6.07) is 4.18. The predicted molar refractivity (Wildman–Crippen MR) is 85.6 cm³/mol. The van der Waals surface area contributed by atoms with E-state index in [-0.39, 0.29) is 0 Å². The van der Waals surface area contributed by atoms with E-state index in [1.165, 1.54) is 5.35 Å². The molecule has 0 unspecified atom stereocenters. The Balaban J connectivity index is 0.000000861. The molecule has 1 aromatic heterocycles. The molecule has 2 nitrogen and oxygen atoms in total. The largest absolute Gasteiger partial charge is 0.356 e. The summed E-state index contributed by atoms with van der Waals surface area (Å²) in [6.07, 6.45) is 12.5. The average molecular weight is 256 g/mol. The van der Waals surface area contributed by atoms with E-state index in [2.05, 4.69) is 60.3 Å². The molecule has 0 radical (unpaired) electrons. The van der Waals surface area contributed by atoms with E-state index >= 15 is 0 Å². The summed E-state index contributed by atoms with van der Waals surface area (Å²) in [5.74, 6) is 0. The SMILES string of the molecule is CC.CC/C=C1/C=CC(/C=c2/cc/c(=C/CC)[nH]2)=N1. The molecule has 1 aliphatic heterocycles. The zero-order valence-corrected chi connectivity index (χ0v) is 12.4. The van der Waals surface area contributed by atoms with E-state index in [1.54, 1.807) is 0 Å². The molecule has 102 valence electrons. The van der Waals surface area contributed by atoms with Crippen molar-refractivity contribution in [3.8, 4) is 0 Å². The van der Waals surface area contributed by atoms with Crippen LogP contribution in [-0.2, 0) is 0 Å². The van der Waals surface area contributed by atoms with Crippen LogP contribution in [0.4, 0.5) is 0 Å². The molecular weight excluding hydrogens is 232 g/mol. The topological polar surface area (TPSA) is 28.1 Å². The monoisotopic (exact) mass is 256 g/mol. The molecule has 2 heterocycles. The molecule has 1 aliphatic rings. The number of allylic oxidation sites excluding steroid dienone is 3. The van der Waals surface area contributed by atoms with Crippen LogP contribution in [0.5, 0.6) is 0 Å². The molecule has 0 aromatic carbocycles. The third-order valence-corrected chi connectivity index (χ3v) is 2.55. The first-order valence-corrected chi connectivity index (χ1v) is 7.15. The zero-order chi connectivity index (χ0) is 14.1. The summed E-state index contributed by atoms with van der Waals surface area (Å²) in [5, 5.41) is 2.27. The number of hydrogen-bond donors (Lipinski definition) is 1. The van der Waals surface area contributed by atoms with Crippen molar-refractivity contribution in [3.63, 3.8) is 0 Å². The van der Waals surface area contributed by atoms with Crippen LogP contribution in [0, 0.1) is 0 Å². The average Bonchev–Trinajstić information content (AvgIpc) is 3.04. The summed E-state index contributed by atoms with van der Waals surface area (Å²) < 4.78 is 0. The fourth-order valence-electron chi connectivity index (χ4n) is 1.81. The molecule has 0 fully saturated rings. The first kappa shape index (κ1) is 15.2. The van der Waals surface area contributed by atoms with Crippen molar-refractivity contribution in [1.82, 2.24) is 4.98 Å². The summed E-state index contributed by atoms with van der Waals surface area (Å²) in [7, 11) is 0. The van der Waals surface area contributed by atoms with Gasteiger partial charge in [-0.05, 0) is 43.2 Å². The number of hydrogen-bond acceptors (Lipinski definition) is 1. The second kappa shape index (κ2) is 8.30. The molecule has 0 spiro atoms. The maximum atomic E-state index is 4.51. The number of rotatable bonds is 3. The lowest BCUT2D eigenvalue weighted by molar-refractivity contribution is 1.19. The minimum Gasteiger partial charge on any atom is -0.356 e. The summed E-state index contributed by atoms with van der Waals surface area (Å²) in [5.41, 5.74) is 2.07. The minimum absolute atomic E-state index is 1.01. The minimum atomic E-state index is 1.01. The van der Waals surface area contributed by atoms with Crippen molar-refractivity contribution < 1.29 is 0 Å². The van der Waals surface area contributed by atoms with Gasteiger partial charge in [-0.3, -0.25) is 0 Å². The van der Waals surface area contributed by atoms with Crippen molar-refractivity contribution in [1.29, 1.82) is 0 Å². The van der Waals surface area contributed by atoms with Gasteiger partial charge in [-0.15, -0.1) is 0 Å². The first-order chi connectivity index (χ1) is 9.31. The van der Waals surface area contributed by atoms with E-state index in [0.717, 1.165) is 29.6 Å². The number of H-pyrrole nitrogens is 1. The molecule has 19 heavy (non-hydrogen) atoms. The number of aliphatic imine (C=N–C) groups is 1. The Labute approximate surface area is 116 Å². The van der Waals surface area contributed by atoms with Gasteiger partial charge in [-0.25, -0.2) is 4.99 Å². The van der Waals surface area contributed by atoms with Gasteiger partial charge in [0.1, 0.15) is 0 Å². The summed E-state index contributed by atoms with van der Waals surface area (Å²) in [6.45, 7) is 8.26. The van der Waals surface area contributed by atoms with Gasteiger partial charge in [-0.1, -0.05) is 39.8 Å². The Morgan fingerprint density at radius 1 is 1.00 bits per heavy atom. The lowest BCUT2D eigenvalue weighted by Crippen LogP contribution is -2.10. The van der Waals surface area contributed by atoms with E-state index < -0.39 is 0 Å². The van der Waals surface area contributed by atoms with Crippen LogP contribution < -0.4 is 10.7 Å². The van der Waals surface area contributed by atoms with Crippen LogP contribution in [0.1, 0.15) is 40.5 Å². The number of nitrogens with one attached hydrogen (secondary N) is 1. The Morgan fingerprint density at radius 2 is 1.68 bits per heavy atom. The Morgan fingerprint density at radius 3 is 2.37 bits per heavy atom. The van der Waals surface area contributed by atoms with Gasteiger partial charge in [0.2, 0.25) is 0 Å². The van der Waals surface area contributed by atoms with Crippen LogP contribution in [-0.4, -0.2) is 10.7 Å². The van der Waals surface area contributed by atoms with Crippen LogP contribution in [0.2, 0.25) is 0 Å². The Hall–Kier alpha value is -1.83. The van der Waals surface area contributed by atoms with Crippen LogP contribution in [0.3, 0.4) is 0 Å².